The minimum atomic E-state index is -0.179. The van der Waals surface area contributed by atoms with E-state index >= 15 is 0 Å². The predicted molar refractivity (Wildman–Crippen MR) is 115 cm³/mol. The van der Waals surface area contributed by atoms with Gasteiger partial charge < -0.3 is 5.32 Å². The molecule has 29 heavy (non-hydrogen) atoms. The lowest BCUT2D eigenvalue weighted by Gasteiger charge is -2.17. The number of nitrogens with one attached hydrogen (secondary N) is 1. The van der Waals surface area contributed by atoms with Crippen LogP contribution in [0, 0.1) is 0 Å². The third kappa shape index (κ3) is 5.06. The van der Waals surface area contributed by atoms with Crippen LogP contribution in [0.5, 0.6) is 0 Å². The molecule has 1 unspecified atom stereocenters. The van der Waals surface area contributed by atoms with Gasteiger partial charge in [0.05, 0.1) is 18.8 Å². The van der Waals surface area contributed by atoms with Gasteiger partial charge in [-0.2, -0.15) is 0 Å². The van der Waals surface area contributed by atoms with Gasteiger partial charge in [-0.1, -0.05) is 71.9 Å². The van der Waals surface area contributed by atoms with Crippen LogP contribution >= 0.6 is 11.3 Å². The van der Waals surface area contributed by atoms with E-state index in [-0.39, 0.29) is 11.9 Å². The molecule has 5 nitrogen and oxygen atoms in total. The van der Waals surface area contributed by atoms with Crippen molar-refractivity contribution in [1.82, 2.24) is 20.3 Å². The number of carbonyl (C=O) groups excluding carboxylic acids is 1. The van der Waals surface area contributed by atoms with Crippen LogP contribution in [0.25, 0.3) is 6.08 Å². The van der Waals surface area contributed by atoms with E-state index in [1.165, 1.54) is 6.08 Å². The SMILES string of the molecule is O=C(/C=C/c1cn(Cc2ccccc2)nn1)NC(c1ccccc1)c1cccs1. The molecule has 2 heterocycles. The average molecular weight is 401 g/mol. The van der Waals surface area contributed by atoms with E-state index in [1.807, 2.05) is 84.4 Å². The van der Waals surface area contributed by atoms with Gasteiger partial charge in [-0.05, 0) is 28.6 Å². The normalized spacial score (nSPS) is 12.1. The largest absolute Gasteiger partial charge is 0.341 e. The van der Waals surface area contributed by atoms with Crippen LogP contribution in [-0.4, -0.2) is 20.9 Å². The Balaban J connectivity index is 1.42. The third-order valence-corrected chi connectivity index (χ3v) is 5.33. The molecule has 1 N–H and O–H groups in total. The van der Waals surface area contributed by atoms with Gasteiger partial charge in [0.2, 0.25) is 5.91 Å². The van der Waals surface area contributed by atoms with Crippen molar-refractivity contribution < 1.29 is 4.79 Å². The number of amides is 1. The van der Waals surface area contributed by atoms with Gasteiger partial charge in [0.25, 0.3) is 0 Å². The van der Waals surface area contributed by atoms with E-state index in [4.69, 9.17) is 0 Å². The second-order valence-corrected chi connectivity index (χ2v) is 7.51. The van der Waals surface area contributed by atoms with Crippen molar-refractivity contribution in [3.63, 3.8) is 0 Å². The molecule has 6 heteroatoms. The minimum absolute atomic E-state index is 0.176. The summed E-state index contributed by atoms with van der Waals surface area (Å²) in [6.45, 7) is 0.641. The lowest BCUT2D eigenvalue weighted by atomic mass is 10.1. The van der Waals surface area contributed by atoms with E-state index in [0.717, 1.165) is 16.0 Å². The summed E-state index contributed by atoms with van der Waals surface area (Å²) >= 11 is 1.62. The minimum Gasteiger partial charge on any atom is -0.341 e. The van der Waals surface area contributed by atoms with Crippen LogP contribution in [-0.2, 0) is 11.3 Å². The van der Waals surface area contributed by atoms with Gasteiger partial charge >= 0.3 is 0 Å². The quantitative estimate of drug-likeness (QED) is 0.470. The monoisotopic (exact) mass is 400 g/mol. The van der Waals surface area contributed by atoms with Gasteiger partial charge in [0, 0.05) is 11.0 Å². The molecule has 1 atom stereocenters. The number of thiophene rings is 1. The van der Waals surface area contributed by atoms with Crippen LogP contribution in [0.2, 0.25) is 0 Å². The van der Waals surface area contributed by atoms with Crippen molar-refractivity contribution >= 4 is 23.3 Å². The Labute approximate surface area is 173 Å². The first-order chi connectivity index (χ1) is 14.3. The molecule has 1 amide bonds. The summed E-state index contributed by atoms with van der Waals surface area (Å²) in [5.74, 6) is -0.176. The molecular weight excluding hydrogens is 380 g/mol. The molecule has 0 bridgehead atoms. The highest BCUT2D eigenvalue weighted by Crippen LogP contribution is 2.25. The third-order valence-electron chi connectivity index (χ3n) is 4.40. The van der Waals surface area contributed by atoms with E-state index in [1.54, 1.807) is 22.1 Å². The second-order valence-electron chi connectivity index (χ2n) is 6.53. The maximum absolute atomic E-state index is 12.5. The number of rotatable bonds is 7. The number of hydrogen-bond acceptors (Lipinski definition) is 4. The summed E-state index contributed by atoms with van der Waals surface area (Å²) in [5, 5.41) is 13.3. The molecular formula is C23H20N4OS. The molecule has 0 saturated heterocycles. The molecule has 4 aromatic rings. The Kier molecular flexibility index (Phi) is 5.92. The van der Waals surface area contributed by atoms with Crippen molar-refractivity contribution in [3.05, 3.63) is 112 Å². The van der Waals surface area contributed by atoms with Gasteiger partial charge in [0.1, 0.15) is 5.69 Å². The van der Waals surface area contributed by atoms with E-state index < -0.39 is 0 Å². The van der Waals surface area contributed by atoms with Crippen LogP contribution < -0.4 is 5.32 Å². The maximum Gasteiger partial charge on any atom is 0.244 e. The highest BCUT2D eigenvalue weighted by molar-refractivity contribution is 7.10. The number of aromatic nitrogens is 3. The molecule has 0 radical (unpaired) electrons. The van der Waals surface area contributed by atoms with Gasteiger partial charge in [-0.3, -0.25) is 4.79 Å². The van der Waals surface area contributed by atoms with Crippen molar-refractivity contribution in [2.45, 2.75) is 12.6 Å². The van der Waals surface area contributed by atoms with Crippen LogP contribution in [0.15, 0.2) is 90.4 Å². The summed E-state index contributed by atoms with van der Waals surface area (Å²) in [6, 6.07) is 23.8. The summed E-state index contributed by atoms with van der Waals surface area (Å²) in [7, 11) is 0. The summed E-state index contributed by atoms with van der Waals surface area (Å²) in [6.07, 6.45) is 5.01. The zero-order valence-corrected chi connectivity index (χ0v) is 16.5. The first kappa shape index (κ1) is 18.8. The Morgan fingerprint density at radius 1 is 1.03 bits per heavy atom. The van der Waals surface area contributed by atoms with Crippen molar-refractivity contribution in [3.8, 4) is 0 Å². The fraction of sp³-hybridized carbons (Fsp3) is 0.0870. The molecule has 0 spiro atoms. The Morgan fingerprint density at radius 3 is 2.52 bits per heavy atom. The fourth-order valence-corrected chi connectivity index (χ4v) is 3.81. The number of nitrogens with zero attached hydrogens (tertiary/aromatic N) is 3. The standard InChI is InChI=1S/C23H20N4OS/c28-22(24-23(21-12-7-15-29-21)19-10-5-2-6-11-19)14-13-20-17-27(26-25-20)16-18-8-3-1-4-9-18/h1-15,17,23H,16H2,(H,24,28)/b14-13+. The molecule has 0 aliphatic carbocycles. The topological polar surface area (TPSA) is 59.8 Å². The second kappa shape index (κ2) is 9.12. The van der Waals surface area contributed by atoms with Crippen LogP contribution in [0.1, 0.15) is 27.7 Å². The van der Waals surface area contributed by atoms with Gasteiger partial charge in [0.15, 0.2) is 0 Å². The Bertz CT molecular complexity index is 1070. The van der Waals surface area contributed by atoms with Crippen molar-refractivity contribution in [2.75, 3.05) is 0 Å². The molecule has 2 aromatic carbocycles. The summed E-state index contributed by atoms with van der Waals surface area (Å²) < 4.78 is 1.76. The predicted octanol–water partition coefficient (Wildman–Crippen LogP) is 4.31. The van der Waals surface area contributed by atoms with Gasteiger partial charge in [-0.25, -0.2) is 4.68 Å². The molecule has 2 aromatic heterocycles. The van der Waals surface area contributed by atoms with Crippen molar-refractivity contribution in [2.24, 2.45) is 0 Å². The summed E-state index contributed by atoms with van der Waals surface area (Å²) in [5.41, 5.74) is 2.83. The van der Waals surface area contributed by atoms with E-state index in [9.17, 15) is 4.79 Å². The fourth-order valence-electron chi connectivity index (χ4n) is 3.01. The van der Waals surface area contributed by atoms with Crippen molar-refractivity contribution in [1.29, 1.82) is 0 Å². The highest BCUT2D eigenvalue weighted by atomic mass is 32.1. The average Bonchev–Trinajstić information content (AvgIpc) is 3.44. The maximum atomic E-state index is 12.5. The smallest absolute Gasteiger partial charge is 0.244 e. The molecule has 0 saturated carbocycles. The highest BCUT2D eigenvalue weighted by Gasteiger charge is 2.16. The Hall–Kier alpha value is -3.51. The number of benzene rings is 2. The molecule has 0 aliphatic rings. The molecule has 4 rings (SSSR count). The lowest BCUT2D eigenvalue weighted by Crippen LogP contribution is -2.27. The van der Waals surface area contributed by atoms with Crippen LogP contribution in [0.3, 0.4) is 0 Å². The first-order valence-electron chi connectivity index (χ1n) is 9.29. The van der Waals surface area contributed by atoms with E-state index in [0.29, 0.717) is 12.2 Å². The first-order valence-corrected chi connectivity index (χ1v) is 10.2. The van der Waals surface area contributed by atoms with E-state index in [2.05, 4.69) is 15.6 Å². The molecule has 144 valence electrons. The zero-order valence-electron chi connectivity index (χ0n) is 15.7. The zero-order chi connectivity index (χ0) is 19.9. The lowest BCUT2D eigenvalue weighted by molar-refractivity contribution is -0.116. The number of carbonyl (C=O) groups is 1. The molecule has 0 aliphatic heterocycles. The van der Waals surface area contributed by atoms with Crippen LogP contribution in [0.4, 0.5) is 0 Å². The summed E-state index contributed by atoms with van der Waals surface area (Å²) in [4.78, 5) is 13.6. The van der Waals surface area contributed by atoms with Gasteiger partial charge in [-0.15, -0.1) is 16.4 Å². The molecule has 0 fully saturated rings. The number of hydrogen-bond donors (Lipinski definition) is 1. The Morgan fingerprint density at radius 2 is 1.79 bits per heavy atom.